The highest BCUT2D eigenvalue weighted by atomic mass is 79.9. The summed E-state index contributed by atoms with van der Waals surface area (Å²) in [6.07, 6.45) is 1.75. The van der Waals surface area contributed by atoms with Crippen molar-refractivity contribution in [2.75, 3.05) is 0 Å². The van der Waals surface area contributed by atoms with Gasteiger partial charge in [-0.15, -0.1) is 0 Å². The number of hydrogen-bond acceptors (Lipinski definition) is 1. The van der Waals surface area contributed by atoms with Gasteiger partial charge in [-0.25, -0.2) is 0 Å². The number of rotatable bonds is 4. The third-order valence-electron chi connectivity index (χ3n) is 2.56. The van der Waals surface area contributed by atoms with Crippen LogP contribution in [0.2, 0.25) is 0 Å². The summed E-state index contributed by atoms with van der Waals surface area (Å²) in [6, 6.07) is 18.7. The van der Waals surface area contributed by atoms with Crippen molar-refractivity contribution < 1.29 is 0 Å². The molecule has 0 amide bonds. The predicted molar refractivity (Wildman–Crippen MR) is 80.6 cm³/mol. The van der Waals surface area contributed by atoms with Gasteiger partial charge in [0.2, 0.25) is 0 Å². The van der Waals surface area contributed by atoms with Crippen molar-refractivity contribution in [3.63, 3.8) is 0 Å². The number of halogens is 1. The smallest absolute Gasteiger partial charge is 0.0175 e. The zero-order chi connectivity index (χ0) is 12.1. The fraction of sp³-hybridized carbons (Fsp3) is 0.133. The summed E-state index contributed by atoms with van der Waals surface area (Å²) >= 11 is 8.87. The fourth-order valence-corrected chi connectivity index (χ4v) is 2.31. The van der Waals surface area contributed by atoms with Crippen LogP contribution in [-0.2, 0) is 12.8 Å². The van der Waals surface area contributed by atoms with E-state index in [1.54, 1.807) is 0 Å². The molecule has 0 radical (unpaired) electrons. The minimum Gasteiger partial charge on any atom is -0.0890 e. The molecule has 0 aliphatic carbocycles. The Morgan fingerprint density at radius 3 is 1.94 bits per heavy atom. The van der Waals surface area contributed by atoms with E-state index in [0.29, 0.717) is 0 Å². The van der Waals surface area contributed by atoms with Crippen LogP contribution < -0.4 is 0 Å². The van der Waals surface area contributed by atoms with Crippen LogP contribution in [0.3, 0.4) is 0 Å². The molecule has 0 aromatic heterocycles. The van der Waals surface area contributed by atoms with Crippen molar-refractivity contribution in [1.29, 1.82) is 0 Å². The SMILES string of the molecule is S=C(Cc1ccccc1)Cc1ccc(Br)cc1. The van der Waals surface area contributed by atoms with Gasteiger partial charge in [-0.05, 0) is 23.3 Å². The van der Waals surface area contributed by atoms with Crippen LogP contribution in [0.25, 0.3) is 0 Å². The van der Waals surface area contributed by atoms with Gasteiger partial charge >= 0.3 is 0 Å². The number of benzene rings is 2. The van der Waals surface area contributed by atoms with E-state index >= 15 is 0 Å². The summed E-state index contributed by atoms with van der Waals surface area (Å²) in [7, 11) is 0. The maximum absolute atomic E-state index is 5.44. The first-order valence-electron chi connectivity index (χ1n) is 5.54. The molecule has 17 heavy (non-hydrogen) atoms. The van der Waals surface area contributed by atoms with Crippen LogP contribution >= 0.6 is 28.1 Å². The van der Waals surface area contributed by atoms with Crippen molar-refractivity contribution in [2.45, 2.75) is 12.8 Å². The first-order valence-corrected chi connectivity index (χ1v) is 6.74. The maximum Gasteiger partial charge on any atom is 0.0175 e. The molecule has 0 aliphatic heterocycles. The van der Waals surface area contributed by atoms with Gasteiger partial charge in [-0.2, -0.15) is 0 Å². The summed E-state index contributed by atoms with van der Waals surface area (Å²) in [5.74, 6) is 0. The molecule has 86 valence electrons. The molecule has 0 heterocycles. The molecular weight excluding hydrogens is 292 g/mol. The minimum absolute atomic E-state index is 0.873. The standard InChI is InChI=1S/C15H13BrS/c16-14-8-6-13(7-9-14)11-15(17)10-12-4-2-1-3-5-12/h1-9H,10-11H2. The van der Waals surface area contributed by atoms with Crippen molar-refractivity contribution in [3.05, 3.63) is 70.2 Å². The molecule has 2 aromatic carbocycles. The van der Waals surface area contributed by atoms with Crippen LogP contribution in [0, 0.1) is 0 Å². The second kappa shape index (κ2) is 6.08. The van der Waals surface area contributed by atoms with Gasteiger partial charge < -0.3 is 0 Å². The van der Waals surface area contributed by atoms with Crippen molar-refractivity contribution in [3.8, 4) is 0 Å². The summed E-state index contributed by atoms with van der Waals surface area (Å²) in [6.45, 7) is 0. The van der Waals surface area contributed by atoms with Gasteiger partial charge in [-0.1, -0.05) is 70.6 Å². The quantitative estimate of drug-likeness (QED) is 0.744. The predicted octanol–water partition coefficient (Wildman–Crippen LogP) is 4.60. The number of hydrogen-bond donors (Lipinski definition) is 0. The van der Waals surface area contributed by atoms with Crippen molar-refractivity contribution >= 4 is 33.0 Å². The van der Waals surface area contributed by atoms with E-state index in [1.165, 1.54) is 11.1 Å². The highest BCUT2D eigenvalue weighted by Crippen LogP contribution is 2.12. The highest BCUT2D eigenvalue weighted by Gasteiger charge is 2.01. The summed E-state index contributed by atoms with van der Waals surface area (Å²) in [4.78, 5) is 1.08. The molecule has 0 unspecified atom stereocenters. The first-order chi connectivity index (χ1) is 8.24. The molecule has 0 bridgehead atoms. The molecule has 0 N–H and O–H groups in total. The first kappa shape index (κ1) is 12.5. The van der Waals surface area contributed by atoms with E-state index < -0.39 is 0 Å². The minimum atomic E-state index is 0.873. The Bertz CT molecular complexity index is 488. The average Bonchev–Trinajstić information content (AvgIpc) is 2.33. The van der Waals surface area contributed by atoms with Gasteiger partial charge in [-0.3, -0.25) is 0 Å². The van der Waals surface area contributed by atoms with Gasteiger partial charge in [0, 0.05) is 22.2 Å². The summed E-state index contributed by atoms with van der Waals surface area (Å²) in [5.41, 5.74) is 2.56. The molecule has 2 heteroatoms. The van der Waals surface area contributed by atoms with Crippen LogP contribution in [0.4, 0.5) is 0 Å². The van der Waals surface area contributed by atoms with Gasteiger partial charge in [0.1, 0.15) is 0 Å². The van der Waals surface area contributed by atoms with Gasteiger partial charge in [0.15, 0.2) is 0 Å². The molecule has 0 aliphatic rings. The Morgan fingerprint density at radius 1 is 0.824 bits per heavy atom. The second-order valence-electron chi connectivity index (χ2n) is 4.00. The molecule has 0 saturated carbocycles. The lowest BCUT2D eigenvalue weighted by Gasteiger charge is -2.04. The Balaban J connectivity index is 1.96. The van der Waals surface area contributed by atoms with Crippen LogP contribution in [-0.4, -0.2) is 4.86 Å². The molecule has 0 saturated heterocycles. The van der Waals surface area contributed by atoms with E-state index in [4.69, 9.17) is 12.2 Å². The summed E-state index contributed by atoms with van der Waals surface area (Å²) in [5, 5.41) is 0. The molecule has 2 aromatic rings. The maximum atomic E-state index is 5.44. The molecule has 0 fully saturated rings. The lowest BCUT2D eigenvalue weighted by atomic mass is 10.0. The van der Waals surface area contributed by atoms with Crippen LogP contribution in [0.1, 0.15) is 11.1 Å². The van der Waals surface area contributed by atoms with E-state index in [9.17, 15) is 0 Å². The van der Waals surface area contributed by atoms with E-state index in [0.717, 1.165) is 22.2 Å². The van der Waals surface area contributed by atoms with Crippen molar-refractivity contribution in [2.24, 2.45) is 0 Å². The molecule has 0 nitrogen and oxygen atoms in total. The zero-order valence-corrected chi connectivity index (χ0v) is 11.8. The topological polar surface area (TPSA) is 0 Å². The Labute approximate surface area is 116 Å². The Kier molecular flexibility index (Phi) is 4.46. The van der Waals surface area contributed by atoms with E-state index in [1.807, 2.05) is 6.07 Å². The Hall–Kier alpha value is -0.990. The lowest BCUT2D eigenvalue weighted by Crippen LogP contribution is -2.03. The van der Waals surface area contributed by atoms with E-state index in [-0.39, 0.29) is 0 Å². The summed E-state index contributed by atoms with van der Waals surface area (Å²) < 4.78 is 1.11. The molecule has 0 atom stereocenters. The Morgan fingerprint density at radius 2 is 1.35 bits per heavy atom. The second-order valence-corrected chi connectivity index (χ2v) is 5.50. The molecule has 0 spiro atoms. The fourth-order valence-electron chi connectivity index (χ4n) is 1.72. The van der Waals surface area contributed by atoms with Gasteiger partial charge in [0.05, 0.1) is 0 Å². The monoisotopic (exact) mass is 304 g/mol. The third kappa shape index (κ3) is 4.06. The number of thiocarbonyl (C=S) groups is 1. The zero-order valence-electron chi connectivity index (χ0n) is 9.40. The highest BCUT2D eigenvalue weighted by molar-refractivity contribution is 9.10. The van der Waals surface area contributed by atoms with Crippen LogP contribution in [0.15, 0.2) is 59.1 Å². The van der Waals surface area contributed by atoms with E-state index in [2.05, 4.69) is 64.5 Å². The lowest BCUT2D eigenvalue weighted by molar-refractivity contribution is 1.25. The third-order valence-corrected chi connectivity index (χ3v) is 3.38. The van der Waals surface area contributed by atoms with Crippen molar-refractivity contribution in [1.82, 2.24) is 0 Å². The van der Waals surface area contributed by atoms with Gasteiger partial charge in [0.25, 0.3) is 0 Å². The van der Waals surface area contributed by atoms with Crippen LogP contribution in [0.5, 0.6) is 0 Å². The molecular formula is C15H13BrS. The normalized spacial score (nSPS) is 10.2. The molecule has 2 rings (SSSR count). The largest absolute Gasteiger partial charge is 0.0890 e. The average molecular weight is 305 g/mol.